The van der Waals surface area contributed by atoms with Crippen molar-refractivity contribution >= 4 is 11.9 Å². The van der Waals surface area contributed by atoms with Crippen LogP contribution in [0.4, 0.5) is 5.95 Å². The molecule has 3 rings (SSSR count). The number of nitrogen functional groups attached to an aromatic ring is 1. The molecule has 2 unspecified atom stereocenters. The fourth-order valence-corrected chi connectivity index (χ4v) is 3.50. The maximum absolute atomic E-state index is 12.3. The molecular weight excluding hydrogens is 256 g/mol. The summed E-state index contributed by atoms with van der Waals surface area (Å²) in [4.78, 5) is 20.6. The fraction of sp³-hybridized carbons (Fsp3) is 0.769. The van der Waals surface area contributed by atoms with Crippen molar-refractivity contribution in [3.63, 3.8) is 0 Å². The second kappa shape index (κ2) is 5.40. The lowest BCUT2D eigenvalue weighted by Crippen LogP contribution is -2.54. The van der Waals surface area contributed by atoms with E-state index in [1.54, 1.807) is 0 Å². The Balaban J connectivity index is 1.59. The number of hydrogen-bond donors (Lipinski definition) is 1. The SMILES string of the molecule is CN1CCCC2CN(C(=O)Cn3cnc(N)n3)CCC21. The second-order valence-electron chi connectivity index (χ2n) is 5.88. The van der Waals surface area contributed by atoms with Gasteiger partial charge in [-0.15, -0.1) is 5.10 Å². The number of carbonyl (C=O) groups excluding carboxylic acids is 1. The van der Waals surface area contributed by atoms with E-state index in [1.807, 2.05) is 4.90 Å². The van der Waals surface area contributed by atoms with Crippen LogP contribution in [0, 0.1) is 5.92 Å². The Hall–Kier alpha value is -1.63. The van der Waals surface area contributed by atoms with Crippen molar-refractivity contribution in [3.8, 4) is 0 Å². The topological polar surface area (TPSA) is 80.3 Å². The molecule has 2 aliphatic heterocycles. The maximum atomic E-state index is 12.3. The van der Waals surface area contributed by atoms with Gasteiger partial charge in [-0.1, -0.05) is 0 Å². The standard InChI is InChI=1S/C13H22N6O/c1-17-5-2-3-10-7-18(6-4-11(10)17)12(20)8-19-9-15-13(14)16-19/h9-11H,2-8H2,1H3,(H2,14,16). The summed E-state index contributed by atoms with van der Waals surface area (Å²) >= 11 is 0. The zero-order chi connectivity index (χ0) is 14.1. The Morgan fingerprint density at radius 1 is 1.45 bits per heavy atom. The van der Waals surface area contributed by atoms with Crippen molar-refractivity contribution in [2.24, 2.45) is 5.92 Å². The number of hydrogen-bond acceptors (Lipinski definition) is 5. The normalized spacial score (nSPS) is 27.4. The van der Waals surface area contributed by atoms with E-state index >= 15 is 0 Å². The zero-order valence-electron chi connectivity index (χ0n) is 11.9. The molecule has 1 aromatic heterocycles. The van der Waals surface area contributed by atoms with Crippen molar-refractivity contribution in [1.82, 2.24) is 24.6 Å². The first-order valence-electron chi connectivity index (χ1n) is 7.26. The van der Waals surface area contributed by atoms with Gasteiger partial charge in [-0.3, -0.25) is 4.79 Å². The number of nitrogens with zero attached hydrogens (tertiary/aromatic N) is 5. The predicted molar refractivity (Wildman–Crippen MR) is 74.8 cm³/mol. The van der Waals surface area contributed by atoms with Crippen LogP contribution in [0.5, 0.6) is 0 Å². The number of nitrogens with two attached hydrogens (primary N) is 1. The van der Waals surface area contributed by atoms with Crippen LogP contribution in [0.25, 0.3) is 0 Å². The number of carbonyl (C=O) groups is 1. The lowest BCUT2D eigenvalue weighted by Gasteiger charge is -2.45. The molecule has 0 spiro atoms. The fourth-order valence-electron chi connectivity index (χ4n) is 3.50. The largest absolute Gasteiger partial charge is 0.367 e. The molecule has 1 amide bonds. The molecule has 0 radical (unpaired) electrons. The Morgan fingerprint density at radius 3 is 3.05 bits per heavy atom. The highest BCUT2D eigenvalue weighted by Gasteiger charge is 2.35. The number of fused-ring (bicyclic) bond motifs is 1. The quantitative estimate of drug-likeness (QED) is 0.810. The number of amides is 1. The summed E-state index contributed by atoms with van der Waals surface area (Å²) in [6, 6.07) is 0.648. The molecule has 0 aliphatic carbocycles. The van der Waals surface area contributed by atoms with Gasteiger partial charge in [-0.2, -0.15) is 0 Å². The van der Waals surface area contributed by atoms with Crippen LogP contribution in [0.15, 0.2) is 6.33 Å². The minimum atomic E-state index is 0.113. The lowest BCUT2D eigenvalue weighted by atomic mass is 9.84. The number of rotatable bonds is 2. The molecule has 7 nitrogen and oxygen atoms in total. The van der Waals surface area contributed by atoms with Crippen molar-refractivity contribution in [1.29, 1.82) is 0 Å². The van der Waals surface area contributed by atoms with E-state index in [-0.39, 0.29) is 18.4 Å². The van der Waals surface area contributed by atoms with E-state index in [9.17, 15) is 4.79 Å². The van der Waals surface area contributed by atoms with E-state index < -0.39 is 0 Å². The minimum Gasteiger partial charge on any atom is -0.367 e. The molecule has 2 N–H and O–H groups in total. The van der Waals surface area contributed by atoms with Gasteiger partial charge >= 0.3 is 0 Å². The van der Waals surface area contributed by atoms with Gasteiger partial charge in [0.25, 0.3) is 0 Å². The second-order valence-corrected chi connectivity index (χ2v) is 5.88. The first-order chi connectivity index (χ1) is 9.63. The summed E-state index contributed by atoms with van der Waals surface area (Å²) in [5, 5.41) is 3.97. The van der Waals surface area contributed by atoms with Gasteiger partial charge < -0.3 is 15.5 Å². The first kappa shape index (κ1) is 13.4. The van der Waals surface area contributed by atoms with Crippen LogP contribution in [0.3, 0.4) is 0 Å². The van der Waals surface area contributed by atoms with Gasteiger partial charge in [0, 0.05) is 19.1 Å². The Bertz CT molecular complexity index is 487. The molecular formula is C13H22N6O. The molecule has 2 aliphatic rings. The number of likely N-dealkylation sites (tertiary alicyclic amines) is 2. The van der Waals surface area contributed by atoms with Crippen molar-refractivity contribution in [3.05, 3.63) is 6.33 Å². The molecule has 0 aromatic carbocycles. The third-order valence-corrected chi connectivity index (χ3v) is 4.55. The van der Waals surface area contributed by atoms with E-state index in [2.05, 4.69) is 22.0 Å². The zero-order valence-corrected chi connectivity index (χ0v) is 11.9. The molecule has 2 fully saturated rings. The Morgan fingerprint density at radius 2 is 2.30 bits per heavy atom. The van der Waals surface area contributed by atoms with Crippen LogP contribution >= 0.6 is 0 Å². The number of aromatic nitrogens is 3. The average molecular weight is 278 g/mol. The smallest absolute Gasteiger partial charge is 0.244 e. The van der Waals surface area contributed by atoms with Gasteiger partial charge in [-0.25, -0.2) is 9.67 Å². The third-order valence-electron chi connectivity index (χ3n) is 4.55. The van der Waals surface area contributed by atoms with Crippen LogP contribution in [0.2, 0.25) is 0 Å². The van der Waals surface area contributed by atoms with Crippen molar-refractivity contribution in [2.45, 2.75) is 31.8 Å². The summed E-state index contributed by atoms with van der Waals surface area (Å²) in [6.07, 6.45) is 5.05. The number of piperidine rings is 2. The number of anilines is 1. The molecule has 0 saturated carbocycles. The monoisotopic (exact) mass is 278 g/mol. The third kappa shape index (κ3) is 2.63. The summed E-state index contributed by atoms with van der Waals surface area (Å²) < 4.78 is 1.51. The molecule has 7 heteroatoms. The van der Waals surface area contributed by atoms with Gasteiger partial charge in [0.2, 0.25) is 11.9 Å². The van der Waals surface area contributed by atoms with Crippen molar-refractivity contribution < 1.29 is 4.79 Å². The van der Waals surface area contributed by atoms with Crippen LogP contribution < -0.4 is 5.73 Å². The average Bonchev–Trinajstić information content (AvgIpc) is 2.84. The van der Waals surface area contributed by atoms with Gasteiger partial charge in [0.15, 0.2) is 0 Å². The molecule has 2 atom stereocenters. The van der Waals surface area contributed by atoms with Crippen molar-refractivity contribution in [2.75, 3.05) is 32.4 Å². The highest BCUT2D eigenvalue weighted by molar-refractivity contribution is 5.76. The lowest BCUT2D eigenvalue weighted by molar-refractivity contribution is -0.135. The molecule has 3 heterocycles. The highest BCUT2D eigenvalue weighted by Crippen LogP contribution is 2.29. The summed E-state index contributed by atoms with van der Waals surface area (Å²) in [5.74, 6) is 0.944. The van der Waals surface area contributed by atoms with Gasteiger partial charge in [0.05, 0.1) is 0 Å². The molecule has 2 saturated heterocycles. The first-order valence-corrected chi connectivity index (χ1v) is 7.26. The predicted octanol–water partition coefficient (Wildman–Crippen LogP) is -0.197. The highest BCUT2D eigenvalue weighted by atomic mass is 16.2. The van der Waals surface area contributed by atoms with E-state index in [0.717, 1.165) is 19.5 Å². The summed E-state index contributed by atoms with van der Waals surface area (Å²) in [6.45, 7) is 3.14. The molecule has 110 valence electrons. The van der Waals surface area contributed by atoms with E-state index in [4.69, 9.17) is 5.73 Å². The van der Waals surface area contributed by atoms with Gasteiger partial charge in [-0.05, 0) is 38.8 Å². The van der Waals surface area contributed by atoms with Crippen LogP contribution in [-0.2, 0) is 11.3 Å². The van der Waals surface area contributed by atoms with Gasteiger partial charge in [0.1, 0.15) is 12.9 Å². The summed E-state index contributed by atoms with van der Waals surface area (Å²) in [5.41, 5.74) is 5.46. The van der Waals surface area contributed by atoms with Crippen LogP contribution in [-0.4, -0.2) is 63.2 Å². The van der Waals surface area contributed by atoms with E-state index in [0.29, 0.717) is 12.0 Å². The molecule has 0 bridgehead atoms. The van der Waals surface area contributed by atoms with E-state index in [1.165, 1.54) is 30.4 Å². The Kier molecular flexibility index (Phi) is 3.60. The Labute approximate surface area is 118 Å². The molecule has 1 aromatic rings. The minimum absolute atomic E-state index is 0.113. The maximum Gasteiger partial charge on any atom is 0.244 e. The van der Waals surface area contributed by atoms with Crippen LogP contribution in [0.1, 0.15) is 19.3 Å². The summed E-state index contributed by atoms with van der Waals surface area (Å²) in [7, 11) is 2.20. The molecule has 20 heavy (non-hydrogen) atoms.